The first-order valence-corrected chi connectivity index (χ1v) is 10.3. The highest BCUT2D eigenvalue weighted by molar-refractivity contribution is 4.52. The highest BCUT2D eigenvalue weighted by atomic mass is 16.6. The first kappa shape index (κ1) is 25.8. The molecule has 0 aromatic rings. The van der Waals surface area contributed by atoms with E-state index in [0.29, 0.717) is 65.6 Å². The van der Waals surface area contributed by atoms with Gasteiger partial charge in [0.2, 0.25) is 0 Å². The number of hydrogen-bond donors (Lipinski definition) is 1. The van der Waals surface area contributed by atoms with Crippen LogP contribution in [0.25, 0.3) is 0 Å². The van der Waals surface area contributed by atoms with Crippen LogP contribution in [0.2, 0.25) is 0 Å². The molecule has 0 aliphatic heterocycles. The largest absolute Gasteiger partial charge is 0.394 e. The van der Waals surface area contributed by atoms with E-state index in [0.717, 1.165) is 6.42 Å². The third-order valence-electron chi connectivity index (χ3n) is 3.95. The van der Waals surface area contributed by atoms with Crippen molar-refractivity contribution in [2.24, 2.45) is 0 Å². The fraction of sp³-hybridized carbons (Fsp3) is 1.00. The van der Waals surface area contributed by atoms with E-state index in [2.05, 4.69) is 13.8 Å². The van der Waals surface area contributed by atoms with Crippen LogP contribution in [0.5, 0.6) is 0 Å². The van der Waals surface area contributed by atoms with Gasteiger partial charge in [0.05, 0.1) is 72.2 Å². The molecule has 158 valence electrons. The smallest absolute Gasteiger partial charge is 0.0704 e. The van der Waals surface area contributed by atoms with E-state index in [1.807, 2.05) is 0 Å². The Bertz CT molecular complexity index is 252. The summed E-state index contributed by atoms with van der Waals surface area (Å²) >= 11 is 0. The zero-order valence-corrected chi connectivity index (χ0v) is 17.1. The van der Waals surface area contributed by atoms with Crippen molar-refractivity contribution < 1.29 is 28.8 Å². The van der Waals surface area contributed by atoms with Gasteiger partial charge in [0.1, 0.15) is 0 Å². The molecule has 0 aliphatic carbocycles. The van der Waals surface area contributed by atoms with Crippen molar-refractivity contribution >= 4 is 0 Å². The van der Waals surface area contributed by atoms with Crippen LogP contribution in [-0.2, 0) is 23.7 Å². The maximum absolute atomic E-state index is 8.53. The van der Waals surface area contributed by atoms with E-state index in [4.69, 9.17) is 28.8 Å². The molecule has 1 atom stereocenters. The van der Waals surface area contributed by atoms with Crippen molar-refractivity contribution in [2.75, 3.05) is 66.1 Å². The molecule has 6 nitrogen and oxygen atoms in total. The Morgan fingerprint density at radius 3 is 1.62 bits per heavy atom. The Morgan fingerprint density at radius 1 is 0.615 bits per heavy atom. The fourth-order valence-corrected chi connectivity index (χ4v) is 2.43. The van der Waals surface area contributed by atoms with Gasteiger partial charge in [0, 0.05) is 0 Å². The number of hydrogen-bond acceptors (Lipinski definition) is 6. The standard InChI is InChI=1S/C20H42O6/c1-3-4-5-6-7-8-9-20(2)26-19-18-25-17-16-24-15-14-23-13-12-22-11-10-21/h20-21H,3-19H2,1-2H3. The van der Waals surface area contributed by atoms with E-state index in [1.165, 1.54) is 38.5 Å². The SMILES string of the molecule is CCCCCCCCC(C)OCCOCCOCCOCCOCCO. The summed E-state index contributed by atoms with van der Waals surface area (Å²) in [5.74, 6) is 0. The molecule has 0 heterocycles. The Balaban J connectivity index is 3.09. The van der Waals surface area contributed by atoms with Crippen LogP contribution in [0.15, 0.2) is 0 Å². The minimum absolute atomic E-state index is 0.0478. The van der Waals surface area contributed by atoms with Crippen molar-refractivity contribution in [3.8, 4) is 0 Å². The van der Waals surface area contributed by atoms with E-state index in [9.17, 15) is 0 Å². The topological polar surface area (TPSA) is 66.4 Å². The van der Waals surface area contributed by atoms with Gasteiger partial charge < -0.3 is 28.8 Å². The summed E-state index contributed by atoms with van der Waals surface area (Å²) in [6.07, 6.45) is 9.43. The molecule has 0 aliphatic rings. The first-order chi connectivity index (χ1) is 12.8. The molecule has 0 spiro atoms. The maximum atomic E-state index is 8.53. The minimum Gasteiger partial charge on any atom is -0.394 e. The van der Waals surface area contributed by atoms with Crippen molar-refractivity contribution in [1.82, 2.24) is 0 Å². The predicted octanol–water partition coefficient (Wildman–Crippen LogP) is 3.20. The Labute approximate surface area is 160 Å². The fourth-order valence-electron chi connectivity index (χ4n) is 2.43. The Hall–Kier alpha value is -0.240. The van der Waals surface area contributed by atoms with Gasteiger partial charge in [0.25, 0.3) is 0 Å². The second-order valence-electron chi connectivity index (χ2n) is 6.41. The molecule has 0 saturated heterocycles. The van der Waals surface area contributed by atoms with Crippen LogP contribution >= 0.6 is 0 Å². The highest BCUT2D eigenvalue weighted by Crippen LogP contribution is 2.10. The molecule has 0 radical (unpaired) electrons. The average molecular weight is 379 g/mol. The summed E-state index contributed by atoms with van der Waals surface area (Å²) in [5.41, 5.74) is 0. The number of unbranched alkanes of at least 4 members (excludes halogenated alkanes) is 5. The van der Waals surface area contributed by atoms with Crippen molar-refractivity contribution in [3.05, 3.63) is 0 Å². The van der Waals surface area contributed by atoms with Crippen LogP contribution in [0, 0.1) is 0 Å². The lowest BCUT2D eigenvalue weighted by Gasteiger charge is -2.13. The molecule has 1 unspecified atom stereocenters. The summed E-state index contributed by atoms with van der Waals surface area (Å²) in [5, 5.41) is 8.53. The molecule has 0 amide bonds. The van der Waals surface area contributed by atoms with Crippen LogP contribution in [-0.4, -0.2) is 77.3 Å². The molecule has 0 rings (SSSR count). The van der Waals surface area contributed by atoms with Gasteiger partial charge in [-0.3, -0.25) is 0 Å². The molecule has 0 fully saturated rings. The first-order valence-electron chi connectivity index (χ1n) is 10.3. The molecule has 0 saturated carbocycles. The second-order valence-corrected chi connectivity index (χ2v) is 6.41. The summed E-state index contributed by atoms with van der Waals surface area (Å²) < 4.78 is 27.1. The van der Waals surface area contributed by atoms with Gasteiger partial charge in [-0.15, -0.1) is 0 Å². The third-order valence-corrected chi connectivity index (χ3v) is 3.95. The van der Waals surface area contributed by atoms with Crippen molar-refractivity contribution in [3.63, 3.8) is 0 Å². The van der Waals surface area contributed by atoms with Crippen LogP contribution < -0.4 is 0 Å². The Kier molecular flexibility index (Phi) is 22.6. The monoisotopic (exact) mass is 378 g/mol. The number of ether oxygens (including phenoxy) is 5. The quantitative estimate of drug-likeness (QED) is 0.292. The van der Waals surface area contributed by atoms with E-state index in [1.54, 1.807) is 0 Å². The second kappa shape index (κ2) is 22.8. The molecule has 0 aromatic heterocycles. The van der Waals surface area contributed by atoms with E-state index < -0.39 is 0 Å². The van der Waals surface area contributed by atoms with Crippen molar-refractivity contribution in [2.45, 2.75) is 64.9 Å². The lowest BCUT2D eigenvalue weighted by atomic mass is 10.1. The van der Waals surface area contributed by atoms with E-state index >= 15 is 0 Å². The maximum Gasteiger partial charge on any atom is 0.0704 e. The predicted molar refractivity (Wildman–Crippen MR) is 104 cm³/mol. The molecule has 26 heavy (non-hydrogen) atoms. The minimum atomic E-state index is 0.0478. The molecule has 0 bridgehead atoms. The highest BCUT2D eigenvalue weighted by Gasteiger charge is 2.02. The normalized spacial score (nSPS) is 12.6. The van der Waals surface area contributed by atoms with Gasteiger partial charge in [-0.1, -0.05) is 45.4 Å². The zero-order valence-electron chi connectivity index (χ0n) is 17.1. The zero-order chi connectivity index (χ0) is 19.1. The van der Waals surface area contributed by atoms with Crippen LogP contribution in [0.1, 0.15) is 58.8 Å². The molecular formula is C20H42O6. The molecule has 6 heteroatoms. The van der Waals surface area contributed by atoms with Crippen LogP contribution in [0.3, 0.4) is 0 Å². The number of aliphatic hydroxyl groups is 1. The number of rotatable bonds is 22. The van der Waals surface area contributed by atoms with Gasteiger partial charge in [-0.05, 0) is 13.3 Å². The summed E-state index contributed by atoms with van der Waals surface area (Å²) in [7, 11) is 0. The lowest BCUT2D eigenvalue weighted by molar-refractivity contribution is -0.0223. The third kappa shape index (κ3) is 21.8. The Morgan fingerprint density at radius 2 is 1.08 bits per heavy atom. The van der Waals surface area contributed by atoms with Gasteiger partial charge in [-0.25, -0.2) is 0 Å². The summed E-state index contributed by atoms with van der Waals surface area (Å²) in [6.45, 7) is 9.32. The van der Waals surface area contributed by atoms with E-state index in [-0.39, 0.29) is 6.61 Å². The molecular weight excluding hydrogens is 336 g/mol. The molecule has 0 aromatic carbocycles. The lowest BCUT2D eigenvalue weighted by Crippen LogP contribution is -2.15. The van der Waals surface area contributed by atoms with Gasteiger partial charge >= 0.3 is 0 Å². The van der Waals surface area contributed by atoms with Crippen LogP contribution in [0.4, 0.5) is 0 Å². The van der Waals surface area contributed by atoms with Gasteiger partial charge in [-0.2, -0.15) is 0 Å². The number of aliphatic hydroxyl groups excluding tert-OH is 1. The molecule has 1 N–H and O–H groups in total. The summed E-state index contributed by atoms with van der Waals surface area (Å²) in [6, 6.07) is 0. The van der Waals surface area contributed by atoms with Gasteiger partial charge in [0.15, 0.2) is 0 Å². The average Bonchev–Trinajstić information content (AvgIpc) is 2.65. The summed E-state index contributed by atoms with van der Waals surface area (Å²) in [4.78, 5) is 0. The van der Waals surface area contributed by atoms with Crippen molar-refractivity contribution in [1.29, 1.82) is 0 Å².